The van der Waals surface area contributed by atoms with Gasteiger partial charge >= 0.3 is 5.69 Å². The fourth-order valence-electron chi connectivity index (χ4n) is 3.10. The number of halogens is 2. The molecule has 0 fully saturated rings. The predicted molar refractivity (Wildman–Crippen MR) is 111 cm³/mol. The number of benzene rings is 2. The Bertz CT molecular complexity index is 1300. The molecule has 2 heterocycles. The average molecular weight is 426 g/mol. The van der Waals surface area contributed by atoms with Crippen molar-refractivity contribution in [3.63, 3.8) is 0 Å². The molecule has 0 aliphatic carbocycles. The highest BCUT2D eigenvalue weighted by Crippen LogP contribution is 2.18. The van der Waals surface area contributed by atoms with E-state index in [4.69, 9.17) is 11.6 Å². The number of hydrogen-bond acceptors (Lipinski definition) is 4. The third-order valence-corrected chi connectivity index (χ3v) is 4.86. The molecule has 0 unspecified atom stereocenters. The van der Waals surface area contributed by atoms with Gasteiger partial charge in [0.25, 0.3) is 0 Å². The summed E-state index contributed by atoms with van der Waals surface area (Å²) in [6, 6.07) is 15.5. The molecule has 2 aromatic carbocycles. The summed E-state index contributed by atoms with van der Waals surface area (Å²) in [5.41, 5.74) is 2.19. The Morgan fingerprint density at radius 2 is 1.93 bits per heavy atom. The van der Waals surface area contributed by atoms with Crippen molar-refractivity contribution in [2.45, 2.75) is 20.0 Å². The zero-order valence-corrected chi connectivity index (χ0v) is 16.7. The minimum absolute atomic E-state index is 0.0180. The summed E-state index contributed by atoms with van der Waals surface area (Å²) in [6.07, 6.45) is 0. The molecule has 1 N–H and O–H groups in total. The van der Waals surface area contributed by atoms with Gasteiger partial charge in [-0.1, -0.05) is 48.0 Å². The summed E-state index contributed by atoms with van der Waals surface area (Å²) in [5, 5.41) is 6.93. The van der Waals surface area contributed by atoms with Gasteiger partial charge < -0.3 is 5.32 Å². The van der Waals surface area contributed by atoms with Gasteiger partial charge in [0, 0.05) is 18.2 Å². The Labute approximate surface area is 175 Å². The number of hydrogen-bond donors (Lipinski definition) is 1. The smallest absolute Gasteiger partial charge is 0.350 e. The molecule has 2 aromatic heterocycles. The number of amides is 1. The van der Waals surface area contributed by atoms with Crippen LogP contribution >= 0.6 is 11.6 Å². The minimum Gasteiger partial charge on any atom is -0.350 e. The highest BCUT2D eigenvalue weighted by molar-refractivity contribution is 6.30. The molecular weight excluding hydrogens is 409 g/mol. The van der Waals surface area contributed by atoms with Gasteiger partial charge in [0.15, 0.2) is 5.65 Å². The van der Waals surface area contributed by atoms with Gasteiger partial charge in [-0.15, -0.1) is 5.10 Å². The number of fused-ring (bicyclic) bond motifs is 1. The number of aryl methyl sites for hydroxylation is 1. The van der Waals surface area contributed by atoms with Crippen LogP contribution < -0.4 is 11.0 Å². The van der Waals surface area contributed by atoms with Crippen LogP contribution in [-0.2, 0) is 17.9 Å². The molecule has 30 heavy (non-hydrogen) atoms. The lowest BCUT2D eigenvalue weighted by Crippen LogP contribution is -2.32. The first-order valence-electron chi connectivity index (χ1n) is 9.15. The molecule has 0 bridgehead atoms. The number of carbonyl (C=O) groups excluding carboxylic acids is 1. The van der Waals surface area contributed by atoms with Gasteiger partial charge in [0.2, 0.25) is 5.91 Å². The van der Waals surface area contributed by atoms with Crippen LogP contribution in [0.25, 0.3) is 16.9 Å². The summed E-state index contributed by atoms with van der Waals surface area (Å²) < 4.78 is 15.7. The highest BCUT2D eigenvalue weighted by atomic mass is 35.5. The normalized spacial score (nSPS) is 11.0. The molecule has 0 saturated carbocycles. The minimum atomic E-state index is -0.526. The number of aromatic nitrogens is 4. The molecular formula is C21H17ClFN5O2. The molecule has 0 aliphatic rings. The summed E-state index contributed by atoms with van der Waals surface area (Å²) in [6.45, 7) is 1.61. The Kier molecular flexibility index (Phi) is 5.33. The number of nitrogens with one attached hydrogen (secondary N) is 1. The first kappa shape index (κ1) is 19.8. The first-order chi connectivity index (χ1) is 14.4. The van der Waals surface area contributed by atoms with Crippen molar-refractivity contribution in [1.82, 2.24) is 24.5 Å². The van der Waals surface area contributed by atoms with E-state index in [1.807, 2.05) is 30.3 Å². The lowest BCUT2D eigenvalue weighted by Gasteiger charge is -2.05. The number of nitrogens with zero attached hydrogens (tertiary/aromatic N) is 4. The molecule has 0 atom stereocenters. The zero-order valence-electron chi connectivity index (χ0n) is 16.0. The van der Waals surface area contributed by atoms with Gasteiger partial charge in [-0.3, -0.25) is 4.79 Å². The van der Waals surface area contributed by atoms with Crippen LogP contribution in [0.15, 0.2) is 59.4 Å². The second-order valence-electron chi connectivity index (χ2n) is 6.71. The fraction of sp³-hybridized carbons (Fsp3) is 0.143. The maximum atomic E-state index is 13.2. The maximum absolute atomic E-state index is 13.2. The Balaban J connectivity index is 1.54. The molecule has 4 aromatic rings. The summed E-state index contributed by atoms with van der Waals surface area (Å²) >= 11 is 5.74. The van der Waals surface area contributed by atoms with Crippen molar-refractivity contribution in [2.24, 2.45) is 0 Å². The maximum Gasteiger partial charge on any atom is 0.352 e. The first-order valence-corrected chi connectivity index (χ1v) is 9.53. The van der Waals surface area contributed by atoms with Crippen LogP contribution in [0.1, 0.15) is 11.4 Å². The topological polar surface area (TPSA) is 81.3 Å². The third kappa shape index (κ3) is 3.95. The van der Waals surface area contributed by atoms with Crippen molar-refractivity contribution in [1.29, 1.82) is 0 Å². The van der Waals surface area contributed by atoms with E-state index in [1.54, 1.807) is 13.0 Å². The van der Waals surface area contributed by atoms with E-state index in [-0.39, 0.29) is 18.1 Å². The molecule has 0 saturated heterocycles. The molecule has 152 valence electrons. The fourth-order valence-corrected chi connectivity index (χ4v) is 3.31. The second-order valence-corrected chi connectivity index (χ2v) is 7.12. The number of rotatable bonds is 5. The predicted octanol–water partition coefficient (Wildman–Crippen LogP) is 2.98. The Morgan fingerprint density at radius 1 is 1.17 bits per heavy atom. The average Bonchev–Trinajstić information content (AvgIpc) is 3.05. The van der Waals surface area contributed by atoms with Crippen molar-refractivity contribution in [2.75, 3.05) is 0 Å². The summed E-state index contributed by atoms with van der Waals surface area (Å²) in [5.74, 6) is -0.458. The highest BCUT2D eigenvalue weighted by Gasteiger charge is 2.14. The largest absolute Gasteiger partial charge is 0.352 e. The van der Waals surface area contributed by atoms with Gasteiger partial charge in [-0.25, -0.2) is 23.3 Å². The SMILES string of the molecule is Cc1nc(-c2ccccc2)cc2nn(CC(=O)NCc3ccc(F)c(Cl)c3)c(=O)n12. The lowest BCUT2D eigenvalue weighted by atomic mass is 10.1. The van der Waals surface area contributed by atoms with Crippen LogP contribution in [0.2, 0.25) is 5.02 Å². The van der Waals surface area contributed by atoms with Gasteiger partial charge in [0.1, 0.15) is 18.2 Å². The quantitative estimate of drug-likeness (QED) is 0.533. The van der Waals surface area contributed by atoms with Crippen molar-refractivity contribution in [3.05, 3.63) is 87.3 Å². The van der Waals surface area contributed by atoms with E-state index < -0.39 is 17.4 Å². The van der Waals surface area contributed by atoms with Gasteiger partial charge in [-0.2, -0.15) is 0 Å². The standard InChI is InChI=1S/C21H17ClFN5O2/c1-13-25-18(15-5-3-2-4-6-15)10-19-26-27(21(30)28(13)19)12-20(29)24-11-14-7-8-17(23)16(22)9-14/h2-10H,11-12H2,1H3,(H,24,29). The van der Waals surface area contributed by atoms with E-state index in [2.05, 4.69) is 15.4 Å². The van der Waals surface area contributed by atoms with Gasteiger partial charge in [0.05, 0.1) is 10.7 Å². The summed E-state index contributed by atoms with van der Waals surface area (Å²) in [4.78, 5) is 29.5. The van der Waals surface area contributed by atoms with Crippen LogP contribution in [0.5, 0.6) is 0 Å². The van der Waals surface area contributed by atoms with Crippen LogP contribution in [0.4, 0.5) is 4.39 Å². The molecule has 0 spiro atoms. The van der Waals surface area contributed by atoms with Crippen LogP contribution in [0.3, 0.4) is 0 Å². The van der Waals surface area contributed by atoms with Crippen LogP contribution in [-0.4, -0.2) is 25.1 Å². The van der Waals surface area contributed by atoms with E-state index in [0.29, 0.717) is 22.7 Å². The number of carbonyl (C=O) groups is 1. The summed E-state index contributed by atoms with van der Waals surface area (Å²) in [7, 11) is 0. The van der Waals surface area contributed by atoms with Crippen molar-refractivity contribution < 1.29 is 9.18 Å². The van der Waals surface area contributed by atoms with E-state index in [0.717, 1.165) is 10.2 Å². The second kappa shape index (κ2) is 8.08. The molecule has 0 aliphatic heterocycles. The van der Waals surface area contributed by atoms with Crippen LogP contribution in [0, 0.1) is 12.7 Å². The Hall–Kier alpha value is -3.52. The van der Waals surface area contributed by atoms with E-state index in [1.165, 1.54) is 22.6 Å². The van der Waals surface area contributed by atoms with Gasteiger partial charge in [-0.05, 0) is 24.6 Å². The molecule has 9 heteroatoms. The lowest BCUT2D eigenvalue weighted by molar-refractivity contribution is -0.122. The molecule has 0 radical (unpaired) electrons. The third-order valence-electron chi connectivity index (χ3n) is 4.57. The zero-order chi connectivity index (χ0) is 21.3. The van der Waals surface area contributed by atoms with E-state index >= 15 is 0 Å². The monoisotopic (exact) mass is 425 g/mol. The molecule has 1 amide bonds. The van der Waals surface area contributed by atoms with Crippen molar-refractivity contribution in [3.8, 4) is 11.3 Å². The van der Waals surface area contributed by atoms with Crippen molar-refractivity contribution >= 4 is 23.2 Å². The van der Waals surface area contributed by atoms with E-state index in [9.17, 15) is 14.0 Å². The molecule has 7 nitrogen and oxygen atoms in total. The molecule has 4 rings (SSSR count). The Morgan fingerprint density at radius 3 is 2.67 bits per heavy atom.